The standard InChI is InChI=1S/C18H19N3O5S/c1-2-4-10-8-27-17-13(16(24)21(17)14(10)18(25)26)20-15(23)12(19)9-5-3-6-11(22)7-9/h2-7,12-13,17,22H,8,19H2,1H3,(H,20,23)(H,25,26)/t12?,13?,17-/m0/s1. The van der Waals surface area contributed by atoms with Gasteiger partial charge in [-0.15, -0.1) is 11.8 Å². The summed E-state index contributed by atoms with van der Waals surface area (Å²) in [5, 5.41) is 21.1. The number of nitrogens with zero attached hydrogens (tertiary/aromatic N) is 1. The number of aliphatic carboxylic acids is 1. The number of hydrogen-bond acceptors (Lipinski definition) is 6. The number of thioether (sulfide) groups is 1. The Bertz CT molecular complexity index is 866. The Labute approximate surface area is 159 Å². The van der Waals surface area contributed by atoms with Crippen molar-refractivity contribution in [3.63, 3.8) is 0 Å². The number of benzene rings is 1. The highest BCUT2D eigenvalue weighted by molar-refractivity contribution is 8.00. The smallest absolute Gasteiger partial charge is 0.352 e. The molecule has 0 radical (unpaired) electrons. The number of carbonyl (C=O) groups excluding carboxylic acids is 2. The number of allylic oxidation sites excluding steroid dienone is 2. The molecule has 9 heteroatoms. The van der Waals surface area contributed by atoms with Gasteiger partial charge in [-0.1, -0.05) is 24.3 Å². The number of fused-ring (bicyclic) bond motifs is 1. The zero-order chi connectivity index (χ0) is 19.7. The van der Waals surface area contributed by atoms with Gasteiger partial charge >= 0.3 is 5.97 Å². The Morgan fingerprint density at radius 2 is 2.19 bits per heavy atom. The van der Waals surface area contributed by atoms with Crippen LogP contribution >= 0.6 is 11.8 Å². The van der Waals surface area contributed by atoms with Crippen LogP contribution in [0.15, 0.2) is 47.7 Å². The molecule has 0 spiro atoms. The second-order valence-corrected chi connectivity index (χ2v) is 7.25. The highest BCUT2D eigenvalue weighted by Crippen LogP contribution is 2.40. The first-order valence-corrected chi connectivity index (χ1v) is 9.28. The van der Waals surface area contributed by atoms with Gasteiger partial charge in [0.25, 0.3) is 5.91 Å². The average Bonchev–Trinajstić information content (AvgIpc) is 2.64. The number of phenolic OH excluding ortho intramolecular Hbond substituents is 1. The topological polar surface area (TPSA) is 133 Å². The lowest BCUT2D eigenvalue weighted by Gasteiger charge is -2.49. The predicted molar refractivity (Wildman–Crippen MR) is 99.5 cm³/mol. The fraction of sp³-hybridized carbons (Fsp3) is 0.278. The lowest BCUT2D eigenvalue weighted by molar-refractivity contribution is -0.150. The molecule has 3 atom stereocenters. The molecule has 2 aliphatic rings. The number of hydrogen-bond donors (Lipinski definition) is 4. The van der Waals surface area contributed by atoms with Crippen LogP contribution in [0.25, 0.3) is 0 Å². The fourth-order valence-electron chi connectivity index (χ4n) is 3.08. The molecule has 5 N–H and O–H groups in total. The number of nitrogens with one attached hydrogen (secondary N) is 1. The second-order valence-electron chi connectivity index (χ2n) is 6.15. The average molecular weight is 389 g/mol. The Kier molecular flexibility index (Phi) is 5.24. The first-order chi connectivity index (χ1) is 12.8. The number of amides is 2. The minimum atomic E-state index is -1.18. The van der Waals surface area contributed by atoms with Crippen molar-refractivity contribution in [3.8, 4) is 5.75 Å². The van der Waals surface area contributed by atoms with E-state index in [0.717, 1.165) is 0 Å². The van der Waals surface area contributed by atoms with Crippen molar-refractivity contribution in [1.29, 1.82) is 0 Å². The van der Waals surface area contributed by atoms with Crippen molar-refractivity contribution in [1.82, 2.24) is 10.2 Å². The van der Waals surface area contributed by atoms with Gasteiger partial charge in [-0.3, -0.25) is 14.5 Å². The van der Waals surface area contributed by atoms with Crippen LogP contribution in [0.5, 0.6) is 5.75 Å². The van der Waals surface area contributed by atoms with Crippen LogP contribution in [-0.2, 0) is 14.4 Å². The maximum atomic E-state index is 12.5. The van der Waals surface area contributed by atoms with Gasteiger partial charge in [0.2, 0.25) is 5.91 Å². The summed E-state index contributed by atoms with van der Waals surface area (Å²) < 4.78 is 0. The summed E-state index contributed by atoms with van der Waals surface area (Å²) in [5.74, 6) is -1.83. The third-order valence-corrected chi connectivity index (χ3v) is 5.68. The Morgan fingerprint density at radius 3 is 2.81 bits per heavy atom. The lowest BCUT2D eigenvalue weighted by atomic mass is 10.0. The molecule has 2 aliphatic heterocycles. The number of rotatable bonds is 5. The summed E-state index contributed by atoms with van der Waals surface area (Å²) in [6.07, 6.45) is 3.39. The van der Waals surface area contributed by atoms with Crippen LogP contribution in [-0.4, -0.2) is 50.1 Å². The Hall–Kier alpha value is -2.78. The molecule has 2 unspecified atom stereocenters. The van der Waals surface area contributed by atoms with Crippen molar-refractivity contribution in [2.24, 2.45) is 5.73 Å². The van der Waals surface area contributed by atoms with Gasteiger partial charge in [0.15, 0.2) is 0 Å². The number of carbonyl (C=O) groups is 3. The molecule has 142 valence electrons. The molecule has 3 rings (SSSR count). The summed E-state index contributed by atoms with van der Waals surface area (Å²) in [6.45, 7) is 1.77. The van der Waals surface area contributed by atoms with E-state index >= 15 is 0 Å². The summed E-state index contributed by atoms with van der Waals surface area (Å²) in [4.78, 5) is 37.7. The SMILES string of the molecule is CC=CC1=C(C(=O)O)N2C(=O)C(NC(=O)C(N)c3cccc(O)c3)[C@@H]2SC1. The number of carboxylic acids is 1. The molecule has 2 heterocycles. The van der Waals surface area contributed by atoms with Gasteiger partial charge in [0.1, 0.15) is 28.9 Å². The molecule has 1 saturated heterocycles. The Morgan fingerprint density at radius 1 is 1.44 bits per heavy atom. The molecule has 0 saturated carbocycles. The molecule has 0 aliphatic carbocycles. The maximum absolute atomic E-state index is 12.5. The van der Waals surface area contributed by atoms with Crippen LogP contribution in [0.3, 0.4) is 0 Å². The van der Waals surface area contributed by atoms with Crippen LogP contribution in [0.4, 0.5) is 0 Å². The van der Waals surface area contributed by atoms with Gasteiger partial charge in [-0.2, -0.15) is 0 Å². The van der Waals surface area contributed by atoms with E-state index in [4.69, 9.17) is 5.73 Å². The third kappa shape index (κ3) is 3.43. The predicted octanol–water partition coefficient (Wildman–Crippen LogP) is 0.707. The van der Waals surface area contributed by atoms with Crippen molar-refractivity contribution in [2.45, 2.75) is 24.4 Å². The minimum absolute atomic E-state index is 0.0165. The summed E-state index contributed by atoms with van der Waals surface area (Å²) >= 11 is 1.38. The van der Waals surface area contributed by atoms with Crippen LogP contribution in [0, 0.1) is 0 Å². The summed E-state index contributed by atoms with van der Waals surface area (Å²) in [6, 6.07) is 4.11. The van der Waals surface area contributed by atoms with Crippen LogP contribution < -0.4 is 11.1 Å². The first-order valence-electron chi connectivity index (χ1n) is 8.24. The Balaban J connectivity index is 1.75. The number of nitrogens with two attached hydrogens (primary N) is 1. The number of carboxylic acid groups (broad SMARTS) is 1. The van der Waals surface area contributed by atoms with E-state index in [0.29, 0.717) is 16.9 Å². The largest absolute Gasteiger partial charge is 0.508 e. The molecular formula is C18H19N3O5S. The number of phenols is 1. The molecular weight excluding hydrogens is 370 g/mol. The van der Waals surface area contributed by atoms with Crippen molar-refractivity contribution in [3.05, 3.63) is 53.3 Å². The van der Waals surface area contributed by atoms with E-state index in [1.807, 2.05) is 0 Å². The molecule has 1 aromatic rings. The van der Waals surface area contributed by atoms with E-state index in [1.165, 1.54) is 28.8 Å². The molecule has 1 aromatic carbocycles. The van der Waals surface area contributed by atoms with Gasteiger partial charge in [-0.05, 0) is 30.2 Å². The van der Waals surface area contributed by atoms with Gasteiger partial charge < -0.3 is 21.3 Å². The monoisotopic (exact) mass is 389 g/mol. The molecule has 1 fully saturated rings. The highest BCUT2D eigenvalue weighted by Gasteiger charge is 2.54. The van der Waals surface area contributed by atoms with E-state index in [1.54, 1.807) is 31.2 Å². The van der Waals surface area contributed by atoms with E-state index < -0.39 is 35.2 Å². The van der Waals surface area contributed by atoms with E-state index in [2.05, 4.69) is 5.32 Å². The minimum Gasteiger partial charge on any atom is -0.508 e. The lowest BCUT2D eigenvalue weighted by Crippen LogP contribution is -2.71. The second kappa shape index (κ2) is 7.45. The maximum Gasteiger partial charge on any atom is 0.352 e. The zero-order valence-electron chi connectivity index (χ0n) is 14.5. The quantitative estimate of drug-likeness (QED) is 0.545. The number of β-lactam (4-membered cyclic amide) rings is 1. The van der Waals surface area contributed by atoms with Gasteiger partial charge in [-0.25, -0.2) is 4.79 Å². The van der Waals surface area contributed by atoms with Gasteiger partial charge in [0.05, 0.1) is 0 Å². The highest BCUT2D eigenvalue weighted by atomic mass is 32.2. The van der Waals surface area contributed by atoms with Crippen molar-refractivity contribution >= 4 is 29.5 Å². The third-order valence-electron chi connectivity index (χ3n) is 4.38. The van der Waals surface area contributed by atoms with E-state index in [9.17, 15) is 24.6 Å². The van der Waals surface area contributed by atoms with Crippen LogP contribution in [0.2, 0.25) is 0 Å². The molecule has 0 aromatic heterocycles. The van der Waals surface area contributed by atoms with Gasteiger partial charge in [0, 0.05) is 5.75 Å². The van der Waals surface area contributed by atoms with Crippen LogP contribution in [0.1, 0.15) is 18.5 Å². The zero-order valence-corrected chi connectivity index (χ0v) is 15.3. The summed E-state index contributed by atoms with van der Waals surface area (Å²) in [5.41, 5.74) is 6.83. The van der Waals surface area contributed by atoms with Crippen molar-refractivity contribution in [2.75, 3.05) is 5.75 Å². The molecule has 2 amide bonds. The normalized spacial score (nSPS) is 23.0. The first kappa shape index (κ1) is 19.0. The molecule has 0 bridgehead atoms. The molecule has 27 heavy (non-hydrogen) atoms. The molecule has 8 nitrogen and oxygen atoms in total. The number of aromatic hydroxyl groups is 1. The fourth-order valence-corrected chi connectivity index (χ4v) is 4.40. The van der Waals surface area contributed by atoms with E-state index in [-0.39, 0.29) is 11.4 Å². The van der Waals surface area contributed by atoms with Crippen molar-refractivity contribution < 1.29 is 24.6 Å². The summed E-state index contributed by atoms with van der Waals surface area (Å²) in [7, 11) is 0.